The SMILES string of the molecule is COC(=O)c1cccc2c1CCCN2C(=O)C1CC1c1ccccc1F. The molecule has 2 aromatic carbocycles. The van der Waals surface area contributed by atoms with Crippen molar-refractivity contribution in [2.24, 2.45) is 5.92 Å². The van der Waals surface area contributed by atoms with Gasteiger partial charge in [-0.05, 0) is 54.5 Å². The van der Waals surface area contributed by atoms with E-state index in [-0.39, 0.29) is 29.5 Å². The number of rotatable bonds is 3. The molecule has 0 radical (unpaired) electrons. The number of nitrogens with zero attached hydrogens (tertiary/aromatic N) is 1. The van der Waals surface area contributed by atoms with Crippen molar-refractivity contribution >= 4 is 17.6 Å². The van der Waals surface area contributed by atoms with Crippen molar-refractivity contribution in [2.75, 3.05) is 18.6 Å². The molecule has 0 aromatic heterocycles. The maximum atomic E-state index is 14.0. The highest BCUT2D eigenvalue weighted by molar-refractivity contribution is 6.01. The molecule has 1 saturated carbocycles. The maximum Gasteiger partial charge on any atom is 0.338 e. The first-order valence-corrected chi connectivity index (χ1v) is 8.88. The highest BCUT2D eigenvalue weighted by Gasteiger charge is 2.47. The predicted molar refractivity (Wildman–Crippen MR) is 95.7 cm³/mol. The van der Waals surface area contributed by atoms with Crippen molar-refractivity contribution in [3.05, 3.63) is 65.0 Å². The first kappa shape index (κ1) is 16.8. The minimum atomic E-state index is -0.383. The first-order valence-electron chi connectivity index (χ1n) is 8.88. The van der Waals surface area contributed by atoms with Crippen molar-refractivity contribution in [1.29, 1.82) is 0 Å². The Morgan fingerprint density at radius 1 is 1.15 bits per heavy atom. The normalized spacial score (nSPS) is 21.1. The standard InChI is InChI=1S/C21H20FNO3/c1-26-21(25)15-7-4-10-19-14(15)8-5-11-23(19)20(24)17-12-16(17)13-6-2-3-9-18(13)22/h2-4,6-7,9-10,16-17H,5,8,11-12H2,1H3. The molecular formula is C21H20FNO3. The van der Waals surface area contributed by atoms with Crippen molar-refractivity contribution in [3.8, 4) is 0 Å². The fourth-order valence-corrected chi connectivity index (χ4v) is 3.94. The molecule has 1 aliphatic carbocycles. The van der Waals surface area contributed by atoms with Gasteiger partial charge in [0, 0.05) is 18.2 Å². The number of esters is 1. The van der Waals surface area contributed by atoms with Crippen LogP contribution >= 0.6 is 0 Å². The molecule has 4 rings (SSSR count). The molecule has 1 aliphatic heterocycles. The topological polar surface area (TPSA) is 46.6 Å². The van der Waals surface area contributed by atoms with Gasteiger partial charge in [-0.2, -0.15) is 0 Å². The van der Waals surface area contributed by atoms with Gasteiger partial charge in [0.25, 0.3) is 0 Å². The van der Waals surface area contributed by atoms with Gasteiger partial charge in [-0.1, -0.05) is 24.3 Å². The summed E-state index contributed by atoms with van der Waals surface area (Å²) < 4.78 is 18.9. The molecule has 2 aliphatic rings. The number of hydrogen-bond donors (Lipinski definition) is 0. The molecular weight excluding hydrogens is 333 g/mol. The number of carbonyl (C=O) groups excluding carboxylic acids is 2. The molecule has 2 atom stereocenters. The highest BCUT2D eigenvalue weighted by atomic mass is 19.1. The van der Waals surface area contributed by atoms with Gasteiger partial charge in [0.1, 0.15) is 5.82 Å². The quantitative estimate of drug-likeness (QED) is 0.791. The molecule has 0 bridgehead atoms. The summed E-state index contributed by atoms with van der Waals surface area (Å²) in [6.45, 7) is 0.622. The Morgan fingerprint density at radius 3 is 2.73 bits per heavy atom. The zero-order valence-electron chi connectivity index (χ0n) is 14.6. The molecule has 1 heterocycles. The van der Waals surface area contributed by atoms with E-state index in [9.17, 15) is 14.0 Å². The van der Waals surface area contributed by atoms with Crippen molar-refractivity contribution in [1.82, 2.24) is 0 Å². The lowest BCUT2D eigenvalue weighted by molar-refractivity contribution is -0.120. The highest BCUT2D eigenvalue weighted by Crippen LogP contribution is 2.50. The van der Waals surface area contributed by atoms with Crippen molar-refractivity contribution in [3.63, 3.8) is 0 Å². The Balaban J connectivity index is 1.60. The van der Waals surface area contributed by atoms with E-state index in [2.05, 4.69) is 0 Å². The van der Waals surface area contributed by atoms with Crippen LogP contribution in [0.1, 0.15) is 40.2 Å². The molecule has 4 nitrogen and oxygen atoms in total. The number of ether oxygens (including phenoxy) is 1. The third kappa shape index (κ3) is 2.77. The number of hydrogen-bond acceptors (Lipinski definition) is 3. The monoisotopic (exact) mass is 353 g/mol. The third-order valence-electron chi connectivity index (χ3n) is 5.33. The lowest BCUT2D eigenvalue weighted by Crippen LogP contribution is -2.37. The van der Waals surface area contributed by atoms with Crippen LogP contribution in [0.4, 0.5) is 10.1 Å². The summed E-state index contributed by atoms with van der Waals surface area (Å²) in [5, 5.41) is 0. The average molecular weight is 353 g/mol. The van der Waals surface area contributed by atoms with E-state index in [1.54, 1.807) is 35.2 Å². The van der Waals surface area contributed by atoms with Crippen molar-refractivity contribution < 1.29 is 18.7 Å². The molecule has 0 spiro atoms. The Bertz CT molecular complexity index is 879. The number of fused-ring (bicyclic) bond motifs is 1. The summed E-state index contributed by atoms with van der Waals surface area (Å²) in [4.78, 5) is 26.8. The fourth-order valence-electron chi connectivity index (χ4n) is 3.94. The van der Waals surface area contributed by atoms with E-state index in [0.29, 0.717) is 24.1 Å². The summed E-state index contributed by atoms with van der Waals surface area (Å²) in [6, 6.07) is 12.0. The second-order valence-electron chi connectivity index (χ2n) is 6.86. The maximum absolute atomic E-state index is 14.0. The molecule has 1 amide bonds. The number of anilines is 1. The first-order chi connectivity index (χ1) is 12.6. The molecule has 2 aromatic rings. The molecule has 134 valence electrons. The summed E-state index contributed by atoms with van der Waals surface area (Å²) in [5.74, 6) is -0.870. The second kappa shape index (κ2) is 6.56. The Hall–Kier alpha value is -2.69. The van der Waals surface area contributed by atoms with E-state index in [4.69, 9.17) is 4.74 Å². The van der Waals surface area contributed by atoms with Gasteiger partial charge in [0.15, 0.2) is 0 Å². The number of methoxy groups -OCH3 is 1. The number of benzene rings is 2. The van der Waals surface area contributed by atoms with Crippen LogP contribution in [-0.2, 0) is 16.0 Å². The van der Waals surface area contributed by atoms with Crippen LogP contribution < -0.4 is 4.90 Å². The van der Waals surface area contributed by atoms with Crippen LogP contribution in [-0.4, -0.2) is 25.5 Å². The Morgan fingerprint density at radius 2 is 1.96 bits per heavy atom. The van der Waals surface area contributed by atoms with Gasteiger partial charge < -0.3 is 9.64 Å². The Labute approximate surface area is 151 Å². The van der Waals surface area contributed by atoms with Crippen molar-refractivity contribution in [2.45, 2.75) is 25.2 Å². The number of halogens is 1. The van der Waals surface area contributed by atoms with Crippen LogP contribution in [0.15, 0.2) is 42.5 Å². The van der Waals surface area contributed by atoms with E-state index in [1.165, 1.54) is 13.2 Å². The molecule has 5 heteroatoms. The molecule has 0 N–H and O–H groups in total. The van der Waals surface area contributed by atoms with E-state index < -0.39 is 0 Å². The van der Waals surface area contributed by atoms with E-state index in [1.807, 2.05) is 6.07 Å². The predicted octanol–water partition coefficient (Wildman–Crippen LogP) is 3.70. The number of carbonyl (C=O) groups is 2. The molecule has 26 heavy (non-hydrogen) atoms. The fraction of sp³-hybridized carbons (Fsp3) is 0.333. The van der Waals surface area contributed by atoms with Crippen LogP contribution in [0.5, 0.6) is 0 Å². The van der Waals surface area contributed by atoms with E-state index >= 15 is 0 Å². The number of amides is 1. The minimum Gasteiger partial charge on any atom is -0.465 e. The largest absolute Gasteiger partial charge is 0.465 e. The van der Waals surface area contributed by atoms with E-state index in [0.717, 1.165) is 24.1 Å². The minimum absolute atomic E-state index is 0.0150. The van der Waals surface area contributed by atoms with Gasteiger partial charge in [0.2, 0.25) is 5.91 Å². The average Bonchev–Trinajstić information content (AvgIpc) is 3.47. The Kier molecular flexibility index (Phi) is 4.23. The molecule has 2 unspecified atom stereocenters. The smallest absolute Gasteiger partial charge is 0.338 e. The van der Waals surface area contributed by atoms with Gasteiger partial charge >= 0.3 is 5.97 Å². The lowest BCUT2D eigenvalue weighted by Gasteiger charge is -2.30. The second-order valence-corrected chi connectivity index (χ2v) is 6.86. The van der Waals surface area contributed by atoms with Gasteiger partial charge in [0.05, 0.1) is 12.7 Å². The summed E-state index contributed by atoms with van der Waals surface area (Å²) in [7, 11) is 1.36. The van der Waals surface area contributed by atoms with Crippen LogP contribution in [0.25, 0.3) is 0 Å². The lowest BCUT2D eigenvalue weighted by atomic mass is 9.95. The summed E-state index contributed by atoms with van der Waals surface area (Å²) in [6.07, 6.45) is 2.21. The van der Waals surface area contributed by atoms with Crippen LogP contribution in [0.2, 0.25) is 0 Å². The third-order valence-corrected chi connectivity index (χ3v) is 5.33. The summed E-state index contributed by atoms with van der Waals surface area (Å²) in [5.41, 5.74) is 2.78. The van der Waals surface area contributed by atoms with Crippen LogP contribution in [0.3, 0.4) is 0 Å². The van der Waals surface area contributed by atoms with Gasteiger partial charge in [-0.3, -0.25) is 4.79 Å². The summed E-state index contributed by atoms with van der Waals surface area (Å²) >= 11 is 0. The molecule has 1 fully saturated rings. The van der Waals surface area contributed by atoms with Gasteiger partial charge in [-0.15, -0.1) is 0 Å². The van der Waals surface area contributed by atoms with Crippen LogP contribution in [0, 0.1) is 11.7 Å². The van der Waals surface area contributed by atoms with Gasteiger partial charge in [-0.25, -0.2) is 9.18 Å². The zero-order valence-corrected chi connectivity index (χ0v) is 14.6. The molecule has 0 saturated heterocycles. The zero-order chi connectivity index (χ0) is 18.3.